The monoisotopic (exact) mass is 194 g/mol. The number of carbonyl (C=O) groups excluding carboxylic acids is 2. The Kier molecular flexibility index (Phi) is 2.17. The number of hydrogen-bond acceptors (Lipinski definition) is 3. The van der Waals surface area contributed by atoms with Crippen molar-refractivity contribution in [3.05, 3.63) is 12.2 Å². The quantitative estimate of drug-likeness (QED) is 0.465. The Morgan fingerprint density at radius 2 is 2.21 bits per heavy atom. The Bertz CT molecular complexity index is 306. The summed E-state index contributed by atoms with van der Waals surface area (Å²) in [4.78, 5) is 22.8. The van der Waals surface area contributed by atoms with E-state index >= 15 is 0 Å². The molecule has 76 valence electrons. The molecule has 0 spiro atoms. The Labute approximate surface area is 83.1 Å². The van der Waals surface area contributed by atoms with E-state index in [-0.39, 0.29) is 35.4 Å². The molecule has 0 amide bonds. The molecular formula is C11H14O3. The molecule has 1 fully saturated rings. The first-order valence-corrected chi connectivity index (χ1v) is 4.94. The van der Waals surface area contributed by atoms with Gasteiger partial charge in [0.2, 0.25) is 0 Å². The molecule has 0 aromatic carbocycles. The lowest BCUT2D eigenvalue weighted by Gasteiger charge is -2.16. The number of esters is 1. The number of ketones is 1. The summed E-state index contributed by atoms with van der Waals surface area (Å²) < 4.78 is 4.71. The van der Waals surface area contributed by atoms with Gasteiger partial charge < -0.3 is 4.74 Å². The minimum atomic E-state index is -0.212. The number of fused-ring (bicyclic) bond motifs is 1. The van der Waals surface area contributed by atoms with Crippen molar-refractivity contribution >= 4 is 11.8 Å². The third kappa shape index (κ3) is 1.19. The molecule has 0 bridgehead atoms. The molecule has 2 rings (SSSR count). The maximum Gasteiger partial charge on any atom is 0.312 e. The van der Waals surface area contributed by atoms with Gasteiger partial charge in [0.15, 0.2) is 0 Å². The van der Waals surface area contributed by atoms with Gasteiger partial charge in [0.25, 0.3) is 0 Å². The maximum atomic E-state index is 11.5. The standard InChI is InChI=1S/C11H14O3/c1-6-7-3-4-8(11(13)14-2)9(7)5-10(6)12/h3-4,6-9H,5H2,1-2H3/t6-,7+,8+,9-/m1/s1. The summed E-state index contributed by atoms with van der Waals surface area (Å²) >= 11 is 0. The van der Waals surface area contributed by atoms with Crippen LogP contribution >= 0.6 is 0 Å². The third-order valence-corrected chi connectivity index (χ3v) is 3.49. The summed E-state index contributed by atoms with van der Waals surface area (Å²) in [6.45, 7) is 1.94. The van der Waals surface area contributed by atoms with Crippen LogP contribution in [0.15, 0.2) is 12.2 Å². The number of hydrogen-bond donors (Lipinski definition) is 0. The highest BCUT2D eigenvalue weighted by Crippen LogP contribution is 2.44. The SMILES string of the molecule is COC(=O)[C@H]1C=C[C@@H]2[C@H]1CC(=O)[C@@H]2C. The normalized spacial score (nSPS) is 40.0. The van der Waals surface area contributed by atoms with Gasteiger partial charge in [0, 0.05) is 12.3 Å². The van der Waals surface area contributed by atoms with E-state index in [1.165, 1.54) is 7.11 Å². The molecule has 0 aromatic heterocycles. The van der Waals surface area contributed by atoms with Crippen LogP contribution in [0.1, 0.15) is 13.3 Å². The highest BCUT2D eigenvalue weighted by molar-refractivity contribution is 5.86. The topological polar surface area (TPSA) is 43.4 Å². The van der Waals surface area contributed by atoms with Gasteiger partial charge >= 0.3 is 5.97 Å². The second kappa shape index (κ2) is 3.23. The zero-order valence-corrected chi connectivity index (χ0v) is 8.40. The van der Waals surface area contributed by atoms with Crippen molar-refractivity contribution in [2.75, 3.05) is 7.11 Å². The number of rotatable bonds is 1. The molecule has 14 heavy (non-hydrogen) atoms. The van der Waals surface area contributed by atoms with Crippen molar-refractivity contribution in [3.63, 3.8) is 0 Å². The molecule has 2 aliphatic rings. The summed E-state index contributed by atoms with van der Waals surface area (Å²) in [5.74, 6) is 0.357. The Morgan fingerprint density at radius 1 is 1.50 bits per heavy atom. The molecule has 0 aliphatic heterocycles. The van der Waals surface area contributed by atoms with Crippen molar-refractivity contribution in [1.29, 1.82) is 0 Å². The van der Waals surface area contributed by atoms with Crippen LogP contribution in [0, 0.1) is 23.7 Å². The van der Waals surface area contributed by atoms with E-state index in [4.69, 9.17) is 4.74 Å². The van der Waals surface area contributed by atoms with Crippen molar-refractivity contribution in [3.8, 4) is 0 Å². The third-order valence-electron chi connectivity index (χ3n) is 3.49. The van der Waals surface area contributed by atoms with Crippen LogP contribution in [0.3, 0.4) is 0 Å². The number of allylic oxidation sites excluding steroid dienone is 1. The summed E-state index contributed by atoms with van der Waals surface area (Å²) in [7, 11) is 1.39. The van der Waals surface area contributed by atoms with Crippen LogP contribution in [-0.4, -0.2) is 18.9 Å². The van der Waals surface area contributed by atoms with E-state index in [1.54, 1.807) is 0 Å². The molecule has 0 heterocycles. The molecule has 3 heteroatoms. The predicted octanol–water partition coefficient (Wildman–Crippen LogP) is 1.19. The number of carbonyl (C=O) groups is 2. The highest BCUT2D eigenvalue weighted by Gasteiger charge is 2.47. The largest absolute Gasteiger partial charge is 0.469 e. The van der Waals surface area contributed by atoms with E-state index < -0.39 is 0 Å². The zero-order chi connectivity index (χ0) is 10.3. The first-order chi connectivity index (χ1) is 6.65. The van der Waals surface area contributed by atoms with E-state index in [0.717, 1.165) is 0 Å². The average molecular weight is 194 g/mol. The van der Waals surface area contributed by atoms with E-state index in [0.29, 0.717) is 6.42 Å². The summed E-state index contributed by atoms with van der Waals surface area (Å²) in [5.41, 5.74) is 0. The van der Waals surface area contributed by atoms with Crippen LogP contribution < -0.4 is 0 Å². The Balaban J connectivity index is 2.18. The maximum absolute atomic E-state index is 11.5. The lowest BCUT2D eigenvalue weighted by atomic mass is 9.88. The van der Waals surface area contributed by atoms with Crippen LogP contribution in [0.5, 0.6) is 0 Å². The Hall–Kier alpha value is -1.12. The summed E-state index contributed by atoms with van der Waals surface area (Å²) in [6, 6.07) is 0. The van der Waals surface area contributed by atoms with Crippen molar-refractivity contribution in [2.45, 2.75) is 13.3 Å². The van der Waals surface area contributed by atoms with Gasteiger partial charge in [-0.2, -0.15) is 0 Å². The van der Waals surface area contributed by atoms with E-state index in [2.05, 4.69) is 0 Å². The number of Topliss-reactive ketones (excluding diaryl/α,β-unsaturated/α-hetero) is 1. The van der Waals surface area contributed by atoms with Crippen molar-refractivity contribution in [2.24, 2.45) is 23.7 Å². The van der Waals surface area contributed by atoms with Gasteiger partial charge in [-0.25, -0.2) is 0 Å². The molecule has 0 N–H and O–H groups in total. The zero-order valence-electron chi connectivity index (χ0n) is 8.40. The Morgan fingerprint density at radius 3 is 2.86 bits per heavy atom. The molecule has 1 saturated carbocycles. The predicted molar refractivity (Wildman–Crippen MR) is 50.4 cm³/mol. The van der Waals surface area contributed by atoms with Crippen molar-refractivity contribution in [1.82, 2.24) is 0 Å². The molecule has 0 aromatic rings. The first kappa shape index (κ1) is 9.44. The van der Waals surface area contributed by atoms with Gasteiger partial charge in [-0.1, -0.05) is 19.1 Å². The van der Waals surface area contributed by atoms with Gasteiger partial charge in [-0.3, -0.25) is 9.59 Å². The minimum absolute atomic E-state index is 0.0749. The highest BCUT2D eigenvalue weighted by atomic mass is 16.5. The second-order valence-electron chi connectivity index (χ2n) is 4.13. The molecule has 0 unspecified atom stereocenters. The molecule has 0 saturated heterocycles. The van der Waals surface area contributed by atoms with Gasteiger partial charge in [0.1, 0.15) is 5.78 Å². The van der Waals surface area contributed by atoms with Gasteiger partial charge in [-0.05, 0) is 11.8 Å². The lowest BCUT2D eigenvalue weighted by Crippen LogP contribution is -2.21. The number of ether oxygens (including phenoxy) is 1. The van der Waals surface area contributed by atoms with E-state index in [9.17, 15) is 9.59 Å². The smallest absolute Gasteiger partial charge is 0.312 e. The first-order valence-electron chi connectivity index (χ1n) is 4.94. The lowest BCUT2D eigenvalue weighted by molar-refractivity contribution is -0.145. The fraction of sp³-hybridized carbons (Fsp3) is 0.636. The summed E-state index contributed by atoms with van der Waals surface area (Å²) in [6.07, 6.45) is 4.42. The molecule has 3 nitrogen and oxygen atoms in total. The van der Waals surface area contributed by atoms with Crippen LogP contribution in [0.2, 0.25) is 0 Å². The molecule has 0 radical (unpaired) electrons. The van der Waals surface area contributed by atoms with Crippen LogP contribution in [0.25, 0.3) is 0 Å². The summed E-state index contributed by atoms with van der Waals surface area (Å²) in [5, 5.41) is 0. The molecule has 2 aliphatic carbocycles. The van der Waals surface area contributed by atoms with Gasteiger partial charge in [-0.15, -0.1) is 0 Å². The van der Waals surface area contributed by atoms with Crippen LogP contribution in [0.4, 0.5) is 0 Å². The minimum Gasteiger partial charge on any atom is -0.469 e. The van der Waals surface area contributed by atoms with Gasteiger partial charge in [0.05, 0.1) is 13.0 Å². The number of methoxy groups -OCH3 is 1. The second-order valence-corrected chi connectivity index (χ2v) is 4.13. The van der Waals surface area contributed by atoms with Crippen molar-refractivity contribution < 1.29 is 14.3 Å². The van der Waals surface area contributed by atoms with Crippen LogP contribution in [-0.2, 0) is 14.3 Å². The fourth-order valence-corrected chi connectivity index (χ4v) is 2.60. The van der Waals surface area contributed by atoms with E-state index in [1.807, 2.05) is 19.1 Å². The fourth-order valence-electron chi connectivity index (χ4n) is 2.60. The average Bonchev–Trinajstić information content (AvgIpc) is 2.69. The molecular weight excluding hydrogens is 180 g/mol. The molecule has 4 atom stereocenters.